The molecule has 0 amide bonds. The van der Waals surface area contributed by atoms with E-state index in [1.165, 1.54) is 31.3 Å². The van der Waals surface area contributed by atoms with Gasteiger partial charge in [0.25, 0.3) is 0 Å². The lowest BCUT2D eigenvalue weighted by Gasteiger charge is -2.23. The van der Waals surface area contributed by atoms with Crippen LogP contribution in [0.15, 0.2) is 11.6 Å². The van der Waals surface area contributed by atoms with Gasteiger partial charge in [0, 0.05) is 13.2 Å². The monoisotopic (exact) mass is 240 g/mol. The van der Waals surface area contributed by atoms with Crippen molar-refractivity contribution >= 4 is 0 Å². The Balaban J connectivity index is 1.99. The van der Waals surface area contributed by atoms with E-state index in [0.29, 0.717) is 0 Å². The molecule has 2 nitrogen and oxygen atoms in total. The molecule has 2 unspecified atom stereocenters. The average Bonchev–Trinajstić information content (AvgIpc) is 2.30. The first-order valence-electron chi connectivity index (χ1n) is 7.05. The van der Waals surface area contributed by atoms with Crippen molar-refractivity contribution in [2.24, 2.45) is 5.92 Å². The van der Waals surface area contributed by atoms with Gasteiger partial charge in [0.2, 0.25) is 0 Å². The highest BCUT2D eigenvalue weighted by Crippen LogP contribution is 2.16. The lowest BCUT2D eigenvalue weighted by molar-refractivity contribution is -0.163. The van der Waals surface area contributed by atoms with Crippen LogP contribution in [-0.4, -0.2) is 19.5 Å². The number of hydrogen-bond acceptors (Lipinski definition) is 2. The minimum absolute atomic E-state index is 0.0775. The van der Waals surface area contributed by atoms with Crippen molar-refractivity contribution in [1.29, 1.82) is 0 Å². The molecule has 17 heavy (non-hydrogen) atoms. The van der Waals surface area contributed by atoms with Crippen molar-refractivity contribution in [3.63, 3.8) is 0 Å². The number of ether oxygens (including phenoxy) is 2. The van der Waals surface area contributed by atoms with Gasteiger partial charge in [0.15, 0.2) is 6.29 Å². The Morgan fingerprint density at radius 2 is 2.18 bits per heavy atom. The summed E-state index contributed by atoms with van der Waals surface area (Å²) in [6, 6.07) is 0. The van der Waals surface area contributed by atoms with Gasteiger partial charge in [-0.2, -0.15) is 0 Å². The van der Waals surface area contributed by atoms with Gasteiger partial charge >= 0.3 is 0 Å². The van der Waals surface area contributed by atoms with E-state index in [1.807, 2.05) is 0 Å². The fourth-order valence-corrected chi connectivity index (χ4v) is 2.04. The smallest absolute Gasteiger partial charge is 0.157 e. The molecular formula is C15H28O2. The molecule has 0 bridgehead atoms. The minimum Gasteiger partial charge on any atom is -0.353 e. The van der Waals surface area contributed by atoms with Gasteiger partial charge in [-0.3, -0.25) is 0 Å². The van der Waals surface area contributed by atoms with Crippen LogP contribution in [0.3, 0.4) is 0 Å². The van der Waals surface area contributed by atoms with Crippen LogP contribution >= 0.6 is 0 Å². The zero-order valence-electron chi connectivity index (χ0n) is 11.7. The highest BCUT2D eigenvalue weighted by molar-refractivity contribution is 4.92. The summed E-state index contributed by atoms with van der Waals surface area (Å²) in [5.74, 6) is 0.745. The maximum Gasteiger partial charge on any atom is 0.157 e. The van der Waals surface area contributed by atoms with Gasteiger partial charge in [-0.25, -0.2) is 0 Å². The van der Waals surface area contributed by atoms with Crippen LogP contribution in [0, 0.1) is 5.92 Å². The summed E-state index contributed by atoms with van der Waals surface area (Å²) >= 11 is 0. The fourth-order valence-electron chi connectivity index (χ4n) is 2.04. The zero-order chi connectivity index (χ0) is 12.5. The van der Waals surface area contributed by atoms with E-state index >= 15 is 0 Å². The Bertz CT molecular complexity index is 213. The van der Waals surface area contributed by atoms with E-state index in [1.54, 1.807) is 0 Å². The first-order valence-corrected chi connectivity index (χ1v) is 7.05. The summed E-state index contributed by atoms with van der Waals surface area (Å²) in [5.41, 5.74) is 1.42. The molecule has 2 heteroatoms. The third kappa shape index (κ3) is 7.56. The van der Waals surface area contributed by atoms with Gasteiger partial charge in [-0.05, 0) is 58.3 Å². The van der Waals surface area contributed by atoms with Gasteiger partial charge in [0.1, 0.15) is 0 Å². The minimum atomic E-state index is 0.0775. The maximum absolute atomic E-state index is 5.74. The van der Waals surface area contributed by atoms with Crippen molar-refractivity contribution in [1.82, 2.24) is 0 Å². The van der Waals surface area contributed by atoms with E-state index in [0.717, 1.165) is 32.0 Å². The molecule has 1 rings (SSSR count). The molecule has 0 spiro atoms. The Kier molecular flexibility index (Phi) is 7.54. The van der Waals surface area contributed by atoms with Crippen LogP contribution in [0.2, 0.25) is 0 Å². The molecular weight excluding hydrogens is 212 g/mol. The summed E-state index contributed by atoms with van der Waals surface area (Å²) < 4.78 is 11.3. The van der Waals surface area contributed by atoms with Crippen LogP contribution in [0.25, 0.3) is 0 Å². The molecule has 0 aliphatic carbocycles. The molecule has 0 aromatic carbocycles. The van der Waals surface area contributed by atoms with Crippen LogP contribution in [0.5, 0.6) is 0 Å². The second-order valence-electron chi connectivity index (χ2n) is 5.42. The maximum atomic E-state index is 5.74. The van der Waals surface area contributed by atoms with Gasteiger partial charge in [0.05, 0.1) is 0 Å². The molecule has 1 heterocycles. The summed E-state index contributed by atoms with van der Waals surface area (Å²) in [6.45, 7) is 8.35. The first kappa shape index (κ1) is 14.7. The lowest BCUT2D eigenvalue weighted by Crippen LogP contribution is -2.23. The second kappa shape index (κ2) is 8.71. The van der Waals surface area contributed by atoms with E-state index in [-0.39, 0.29) is 6.29 Å². The van der Waals surface area contributed by atoms with Crippen molar-refractivity contribution in [2.75, 3.05) is 13.2 Å². The fraction of sp³-hybridized carbons (Fsp3) is 0.867. The zero-order valence-corrected chi connectivity index (χ0v) is 11.7. The second-order valence-corrected chi connectivity index (χ2v) is 5.42. The quantitative estimate of drug-likeness (QED) is 0.618. The summed E-state index contributed by atoms with van der Waals surface area (Å²) in [6.07, 6.45) is 9.53. The van der Waals surface area contributed by atoms with Crippen LogP contribution in [-0.2, 0) is 9.47 Å². The van der Waals surface area contributed by atoms with Crippen molar-refractivity contribution in [2.45, 2.75) is 65.6 Å². The van der Waals surface area contributed by atoms with E-state index in [4.69, 9.17) is 9.47 Å². The Labute approximate surface area is 106 Å². The van der Waals surface area contributed by atoms with Crippen molar-refractivity contribution < 1.29 is 9.47 Å². The number of hydrogen-bond donors (Lipinski definition) is 0. The Hall–Kier alpha value is -0.340. The molecule has 100 valence electrons. The van der Waals surface area contributed by atoms with Gasteiger partial charge in [-0.15, -0.1) is 0 Å². The van der Waals surface area contributed by atoms with Crippen LogP contribution < -0.4 is 0 Å². The third-order valence-corrected chi connectivity index (χ3v) is 3.26. The number of allylic oxidation sites excluding steroid dienone is 2. The molecule has 2 atom stereocenters. The summed E-state index contributed by atoms with van der Waals surface area (Å²) in [5, 5.41) is 0. The van der Waals surface area contributed by atoms with Gasteiger partial charge in [-0.1, -0.05) is 18.6 Å². The normalized spacial score (nSPS) is 22.2. The Morgan fingerprint density at radius 1 is 1.35 bits per heavy atom. The first-order chi connectivity index (χ1) is 8.18. The average molecular weight is 240 g/mol. The topological polar surface area (TPSA) is 18.5 Å². The molecule has 0 N–H and O–H groups in total. The molecule has 0 saturated carbocycles. The standard InChI is InChI=1S/C15H28O2/c1-13(2)7-6-8-14(3)10-12-17-15-9-4-5-11-16-15/h7,14-15H,4-6,8-12H2,1-3H3. The predicted octanol–water partition coefficient (Wildman–Crippen LogP) is 4.30. The Morgan fingerprint density at radius 3 is 2.82 bits per heavy atom. The predicted molar refractivity (Wildman–Crippen MR) is 72.0 cm³/mol. The highest BCUT2D eigenvalue weighted by atomic mass is 16.7. The molecule has 0 aromatic heterocycles. The molecule has 0 aromatic rings. The third-order valence-electron chi connectivity index (χ3n) is 3.26. The van der Waals surface area contributed by atoms with Crippen LogP contribution in [0.4, 0.5) is 0 Å². The van der Waals surface area contributed by atoms with Crippen molar-refractivity contribution in [3.05, 3.63) is 11.6 Å². The lowest BCUT2D eigenvalue weighted by atomic mass is 10.0. The van der Waals surface area contributed by atoms with E-state index in [2.05, 4.69) is 26.8 Å². The molecule has 1 fully saturated rings. The SMILES string of the molecule is CC(C)=CCCC(C)CCOC1CCCCO1. The summed E-state index contributed by atoms with van der Waals surface area (Å²) in [7, 11) is 0. The molecule has 1 aliphatic heterocycles. The van der Waals surface area contributed by atoms with E-state index in [9.17, 15) is 0 Å². The highest BCUT2D eigenvalue weighted by Gasteiger charge is 2.13. The van der Waals surface area contributed by atoms with Crippen LogP contribution in [0.1, 0.15) is 59.3 Å². The number of rotatable bonds is 7. The molecule has 0 radical (unpaired) electrons. The molecule has 1 saturated heterocycles. The van der Waals surface area contributed by atoms with Gasteiger partial charge < -0.3 is 9.47 Å². The molecule has 1 aliphatic rings. The largest absolute Gasteiger partial charge is 0.353 e. The van der Waals surface area contributed by atoms with E-state index < -0.39 is 0 Å². The summed E-state index contributed by atoms with van der Waals surface area (Å²) in [4.78, 5) is 0. The van der Waals surface area contributed by atoms with Crippen molar-refractivity contribution in [3.8, 4) is 0 Å².